The Balaban J connectivity index is 1.47. The van der Waals surface area contributed by atoms with Crippen molar-refractivity contribution in [2.24, 2.45) is 0 Å². The second-order valence-corrected chi connectivity index (χ2v) is 9.02. The molecule has 0 spiro atoms. The Morgan fingerprint density at radius 3 is 2.68 bits per heavy atom. The Morgan fingerprint density at radius 2 is 1.91 bits per heavy atom. The van der Waals surface area contributed by atoms with Crippen LogP contribution in [0.5, 0.6) is 5.75 Å². The fourth-order valence-corrected chi connectivity index (χ4v) is 4.76. The third kappa shape index (κ3) is 5.63. The van der Waals surface area contributed by atoms with Gasteiger partial charge in [0.05, 0.1) is 32.1 Å². The first kappa shape index (κ1) is 24.3. The number of halogens is 1. The number of fused-ring (bicyclic) bond motifs is 1. The van der Waals surface area contributed by atoms with E-state index in [1.54, 1.807) is 18.2 Å². The highest BCUT2D eigenvalue weighted by Gasteiger charge is 2.26. The van der Waals surface area contributed by atoms with Crippen LogP contribution in [0.15, 0.2) is 36.4 Å². The van der Waals surface area contributed by atoms with Crippen molar-refractivity contribution < 1.29 is 19.1 Å². The molecule has 2 aromatic carbocycles. The number of methoxy groups -OCH3 is 1. The molecule has 2 amide bonds. The van der Waals surface area contributed by atoms with Gasteiger partial charge in [0.15, 0.2) is 0 Å². The van der Waals surface area contributed by atoms with Crippen LogP contribution >= 0.6 is 11.6 Å². The lowest BCUT2D eigenvalue weighted by Gasteiger charge is -2.36. The second kappa shape index (κ2) is 11.1. The average molecular weight is 487 g/mol. The van der Waals surface area contributed by atoms with E-state index in [2.05, 4.69) is 45.7 Å². The number of morpholine rings is 1. The van der Waals surface area contributed by atoms with Gasteiger partial charge in [-0.3, -0.25) is 14.5 Å². The molecule has 2 aliphatic heterocycles. The van der Waals surface area contributed by atoms with Crippen LogP contribution in [0.25, 0.3) is 0 Å². The number of carbonyl (C=O) groups is 2. The summed E-state index contributed by atoms with van der Waals surface area (Å²) in [6.07, 6.45) is 2.17. The van der Waals surface area contributed by atoms with Crippen molar-refractivity contribution in [1.82, 2.24) is 10.2 Å². The van der Waals surface area contributed by atoms with Gasteiger partial charge in [-0.05, 0) is 48.2 Å². The summed E-state index contributed by atoms with van der Waals surface area (Å²) < 4.78 is 10.8. The van der Waals surface area contributed by atoms with Crippen molar-refractivity contribution in [3.05, 3.63) is 52.5 Å². The van der Waals surface area contributed by atoms with E-state index in [9.17, 15) is 9.59 Å². The number of benzene rings is 2. The van der Waals surface area contributed by atoms with Crippen LogP contribution in [0.3, 0.4) is 0 Å². The monoisotopic (exact) mass is 486 g/mol. The molecular weight excluding hydrogens is 456 g/mol. The highest BCUT2D eigenvalue weighted by molar-refractivity contribution is 6.40. The molecule has 2 aliphatic rings. The first-order valence-corrected chi connectivity index (χ1v) is 11.9. The van der Waals surface area contributed by atoms with Crippen LogP contribution in [-0.2, 0) is 20.7 Å². The summed E-state index contributed by atoms with van der Waals surface area (Å²) >= 11 is 6.03. The van der Waals surface area contributed by atoms with Gasteiger partial charge in [0, 0.05) is 43.9 Å². The third-order valence-corrected chi connectivity index (χ3v) is 6.63. The minimum atomic E-state index is -0.770. The largest absolute Gasteiger partial charge is 0.495 e. The lowest BCUT2D eigenvalue weighted by Crippen LogP contribution is -2.45. The molecule has 2 aromatic rings. The fourth-order valence-electron chi connectivity index (χ4n) is 4.59. The molecule has 0 aliphatic carbocycles. The minimum Gasteiger partial charge on any atom is -0.495 e. The summed E-state index contributed by atoms with van der Waals surface area (Å²) in [6.45, 7) is 4.20. The topological polar surface area (TPSA) is 83.1 Å². The summed E-state index contributed by atoms with van der Waals surface area (Å²) in [7, 11) is 3.60. The standard InChI is InChI=1S/C25H31ClN4O4/c1-29-9-3-4-17-14-18(5-7-21(17)29)22(30-10-12-34-13-11-30)16-27-24(31)25(32)28-20-15-19(26)6-8-23(20)33-2/h5-8,14-15,22H,3-4,9-13,16H2,1-2H3,(H,27,31)(H,28,32)/t22-/m1/s1. The van der Waals surface area contributed by atoms with Crippen LogP contribution in [0.1, 0.15) is 23.6 Å². The van der Waals surface area contributed by atoms with Gasteiger partial charge >= 0.3 is 11.8 Å². The first-order chi connectivity index (χ1) is 16.5. The summed E-state index contributed by atoms with van der Waals surface area (Å²) in [5.74, 6) is -1.05. The number of nitrogens with zero attached hydrogens (tertiary/aromatic N) is 2. The summed E-state index contributed by atoms with van der Waals surface area (Å²) in [5.41, 5.74) is 4.06. The minimum absolute atomic E-state index is 0.0566. The number of rotatable bonds is 6. The lowest BCUT2D eigenvalue weighted by atomic mass is 9.95. The van der Waals surface area contributed by atoms with Crippen molar-refractivity contribution >= 4 is 34.8 Å². The molecule has 2 N–H and O–H groups in total. The van der Waals surface area contributed by atoms with Crippen LogP contribution in [0.4, 0.5) is 11.4 Å². The molecule has 34 heavy (non-hydrogen) atoms. The van der Waals surface area contributed by atoms with Gasteiger partial charge < -0.3 is 25.0 Å². The number of anilines is 2. The van der Waals surface area contributed by atoms with Gasteiger partial charge in [-0.1, -0.05) is 23.7 Å². The van der Waals surface area contributed by atoms with Crippen molar-refractivity contribution in [3.8, 4) is 5.75 Å². The molecule has 182 valence electrons. The highest BCUT2D eigenvalue weighted by Crippen LogP contribution is 2.31. The zero-order chi connectivity index (χ0) is 24.1. The van der Waals surface area contributed by atoms with Crippen molar-refractivity contribution in [3.63, 3.8) is 0 Å². The molecule has 1 fully saturated rings. The number of carbonyl (C=O) groups excluding carboxylic acids is 2. The van der Waals surface area contributed by atoms with E-state index in [1.165, 1.54) is 18.4 Å². The Hall–Kier alpha value is -2.81. The average Bonchev–Trinajstić information content (AvgIpc) is 2.85. The van der Waals surface area contributed by atoms with Gasteiger partial charge in [-0.2, -0.15) is 0 Å². The third-order valence-electron chi connectivity index (χ3n) is 6.40. The van der Waals surface area contributed by atoms with Crippen LogP contribution < -0.4 is 20.3 Å². The van der Waals surface area contributed by atoms with Crippen LogP contribution in [0, 0.1) is 0 Å². The van der Waals surface area contributed by atoms with Crippen molar-refractivity contribution in [2.75, 3.05) is 63.8 Å². The maximum atomic E-state index is 12.7. The second-order valence-electron chi connectivity index (χ2n) is 8.59. The maximum Gasteiger partial charge on any atom is 0.313 e. The Morgan fingerprint density at radius 1 is 1.12 bits per heavy atom. The number of aryl methyl sites for hydroxylation is 1. The lowest BCUT2D eigenvalue weighted by molar-refractivity contribution is -0.136. The van der Waals surface area contributed by atoms with Crippen LogP contribution in [-0.4, -0.2) is 70.3 Å². The molecule has 4 rings (SSSR count). The van der Waals surface area contributed by atoms with Crippen molar-refractivity contribution in [2.45, 2.75) is 18.9 Å². The van der Waals surface area contributed by atoms with Gasteiger partial charge in [0.1, 0.15) is 5.75 Å². The zero-order valence-electron chi connectivity index (χ0n) is 19.6. The fraction of sp³-hybridized carbons (Fsp3) is 0.440. The SMILES string of the molecule is COc1ccc(Cl)cc1NC(=O)C(=O)NC[C@H](c1ccc2c(c1)CCCN2C)N1CCOCC1. The Bertz CT molecular complexity index is 1040. The Kier molecular flexibility index (Phi) is 7.92. The number of amides is 2. The van der Waals surface area contributed by atoms with E-state index in [4.69, 9.17) is 21.1 Å². The van der Waals surface area contributed by atoms with Gasteiger partial charge in [-0.15, -0.1) is 0 Å². The molecule has 2 heterocycles. The normalized spacial score (nSPS) is 17.0. The molecule has 8 nitrogen and oxygen atoms in total. The van der Waals surface area contributed by atoms with Crippen LogP contribution in [0.2, 0.25) is 5.02 Å². The molecule has 1 atom stereocenters. The summed E-state index contributed by atoms with van der Waals surface area (Å²) in [5, 5.41) is 5.85. The van der Waals surface area contributed by atoms with Gasteiger partial charge in [0.2, 0.25) is 0 Å². The predicted octanol–water partition coefficient (Wildman–Crippen LogP) is 2.86. The van der Waals surface area contributed by atoms with Gasteiger partial charge in [0.25, 0.3) is 0 Å². The molecule has 0 radical (unpaired) electrons. The molecule has 0 aromatic heterocycles. The highest BCUT2D eigenvalue weighted by atomic mass is 35.5. The van der Waals surface area contributed by atoms with E-state index < -0.39 is 11.8 Å². The predicted molar refractivity (Wildman–Crippen MR) is 133 cm³/mol. The van der Waals surface area contributed by atoms with Crippen molar-refractivity contribution in [1.29, 1.82) is 0 Å². The molecule has 9 heteroatoms. The van der Waals surface area contributed by atoms with Gasteiger partial charge in [-0.25, -0.2) is 0 Å². The zero-order valence-corrected chi connectivity index (χ0v) is 20.4. The number of nitrogens with one attached hydrogen (secondary N) is 2. The molecule has 0 bridgehead atoms. The van der Waals surface area contributed by atoms with E-state index >= 15 is 0 Å². The van der Waals surface area contributed by atoms with E-state index in [-0.39, 0.29) is 6.04 Å². The summed E-state index contributed by atoms with van der Waals surface area (Å²) in [6, 6.07) is 11.3. The molecular formula is C25H31ClN4O4. The maximum absolute atomic E-state index is 12.7. The van der Waals surface area contributed by atoms with E-state index in [0.717, 1.165) is 38.0 Å². The van der Waals surface area contributed by atoms with E-state index in [1.807, 2.05) is 0 Å². The smallest absolute Gasteiger partial charge is 0.313 e. The van der Waals surface area contributed by atoms with E-state index in [0.29, 0.717) is 36.2 Å². The Labute approximate surface area is 205 Å². The molecule has 1 saturated heterocycles. The number of hydrogen-bond donors (Lipinski definition) is 2. The quantitative estimate of drug-likeness (QED) is 0.611. The number of ether oxygens (including phenoxy) is 2. The summed E-state index contributed by atoms with van der Waals surface area (Å²) in [4.78, 5) is 29.8. The molecule has 0 saturated carbocycles. The first-order valence-electron chi connectivity index (χ1n) is 11.5. The number of hydrogen-bond acceptors (Lipinski definition) is 6. The molecule has 0 unspecified atom stereocenters.